The first-order valence-corrected chi connectivity index (χ1v) is 42.5. The van der Waals surface area contributed by atoms with Crippen molar-refractivity contribution in [1.29, 1.82) is 10.5 Å². The van der Waals surface area contributed by atoms with Gasteiger partial charge >= 0.3 is 36.6 Å². The van der Waals surface area contributed by atoms with E-state index in [4.69, 9.17) is 74.9 Å². The minimum absolute atomic E-state index is 0.0923. The number of benzene rings is 6. The third-order valence-corrected chi connectivity index (χ3v) is 26.0. The molecule has 6 saturated heterocycles. The van der Waals surface area contributed by atoms with Gasteiger partial charge in [-0.15, -0.1) is 0 Å². The van der Waals surface area contributed by atoms with Crippen molar-refractivity contribution < 1.29 is 67.1 Å². The topological polar surface area (TPSA) is 189 Å². The van der Waals surface area contributed by atoms with Crippen LogP contribution in [0.1, 0.15) is 79.0 Å². The second kappa shape index (κ2) is 40.6. The van der Waals surface area contributed by atoms with E-state index < -0.39 is 52.7 Å². The highest BCUT2D eigenvalue weighted by Gasteiger charge is 2.46. The lowest BCUT2D eigenvalue weighted by Crippen LogP contribution is -2.53. The number of nitriles is 2. The first kappa shape index (κ1) is 94.3. The Kier molecular flexibility index (Phi) is 30.1. The molecular formula is C88H84Cl6F12N18O3. The number of carbonyl (C=O) groups excluding carboxylic acids is 3. The molecule has 6 amide bonds. The highest BCUT2D eigenvalue weighted by Crippen LogP contribution is 2.42. The number of nitrogens with zero attached hydrogens (tertiary/aromatic N) is 18. The van der Waals surface area contributed by atoms with Crippen LogP contribution in [-0.4, -0.2) is 239 Å². The zero-order valence-electron chi connectivity index (χ0n) is 68.5. The van der Waals surface area contributed by atoms with Crippen LogP contribution in [0.5, 0.6) is 0 Å². The van der Waals surface area contributed by atoms with Gasteiger partial charge in [-0.25, -0.2) is 42.5 Å². The number of likely N-dealkylation sites (tertiary alicyclic amines) is 3. The second-order valence-corrected chi connectivity index (χ2v) is 34.2. The van der Waals surface area contributed by atoms with Gasteiger partial charge in [-0.2, -0.15) is 50.0 Å². The molecule has 0 aliphatic carbocycles. The van der Waals surface area contributed by atoms with E-state index in [-0.39, 0.29) is 73.6 Å². The van der Waals surface area contributed by atoms with Crippen LogP contribution < -0.4 is 14.7 Å². The minimum Gasteiger partial charge on any atom is -0.353 e. The average molecular weight is 1880 g/mol. The van der Waals surface area contributed by atoms with E-state index in [1.807, 2.05) is 56.8 Å². The summed E-state index contributed by atoms with van der Waals surface area (Å²) < 4.78 is 160. The fourth-order valence-corrected chi connectivity index (χ4v) is 18.0. The SMILES string of the molecule is CN(Cc1ccc(C(F)(F)F)c(F)c1)C1CN(C(=O)N2CCN(c3ccc(C#N)cn3)CC2)CC1c1ccc(Cl)c(Cl)c1.CN(Cc1ccc(C(F)(F)F)c(F)c1)C1CN(C(=O)N2CCN(c3cnccn3)CC2)CC1c1ccc(Cl)c(Cl)c1.CN(Cc1ccc(C(F)(F)F)c(F)c1)[C@H]1CN(C(=O)N2CCN(c3ncccc3C#N)CC2)C[C@@H]1c1ccc(Cl)c(Cl)c1. The van der Waals surface area contributed by atoms with Crippen LogP contribution in [0.15, 0.2) is 164 Å². The highest BCUT2D eigenvalue weighted by atomic mass is 35.5. The van der Waals surface area contributed by atoms with E-state index >= 15 is 0 Å². The van der Waals surface area contributed by atoms with Crippen molar-refractivity contribution in [2.45, 2.75) is 74.0 Å². The molecule has 0 radical (unpaired) electrons. The summed E-state index contributed by atoms with van der Waals surface area (Å²) in [6.45, 7) is 9.17. The van der Waals surface area contributed by atoms with Crippen molar-refractivity contribution in [2.24, 2.45) is 0 Å². The predicted octanol–water partition coefficient (Wildman–Crippen LogP) is 18.3. The van der Waals surface area contributed by atoms with Crippen LogP contribution in [0.4, 0.5) is 84.5 Å². The number of hydrogen-bond acceptors (Lipinski definition) is 15. The number of anilines is 3. The van der Waals surface area contributed by atoms with Crippen LogP contribution in [0.3, 0.4) is 0 Å². The van der Waals surface area contributed by atoms with Crippen molar-refractivity contribution >= 4 is 105 Å². The molecule has 6 atom stereocenters. The molecule has 0 saturated carbocycles. The van der Waals surface area contributed by atoms with Crippen molar-refractivity contribution in [3.8, 4) is 12.1 Å². The van der Waals surface area contributed by atoms with Crippen molar-refractivity contribution in [3.05, 3.63) is 273 Å². The number of urea groups is 3. The lowest BCUT2D eigenvalue weighted by molar-refractivity contribution is -0.140. The standard InChI is InChI=1S/2C30H28Cl2F4N6O.C28H28Cl2F4N6O/c1-39(16-19-2-5-23(26(33)12-19)30(34,35)36)27-18-42(17-22(27)21-4-6-24(31)25(32)13-21)29(43)41-10-8-40(9-11-41)28-7-3-20(14-37)15-38-28;1-39(16-19-4-6-23(26(33)13-19)30(34,35)36)27-18-42(17-22(27)20-5-7-24(31)25(32)14-20)29(43)41-11-9-40(10-12-41)28-21(15-37)3-2-8-38-28;1-37(15-18-2-4-21(24(31)12-18)28(32,33)34)25-17-40(16-20(25)19-3-5-22(29)23(30)13-19)27(41)39-10-8-38(9-11-39)26-14-35-6-7-36-26/h2-7,12-13,15,22,27H,8-11,16-18H2,1H3;2-8,13-14,22,27H,9-12,16-18H2,1H3;2-7,12-14,20,25H,8-11,15-17H2,1H3/t;22-,27+;/m.1./s1. The monoisotopic (exact) mass is 1880 g/mol. The molecule has 670 valence electrons. The Balaban J connectivity index is 0.000000163. The summed E-state index contributed by atoms with van der Waals surface area (Å²) in [5, 5.41) is 20.8. The summed E-state index contributed by atoms with van der Waals surface area (Å²) in [6, 6.07) is 34.9. The van der Waals surface area contributed by atoms with Gasteiger partial charge in [-0.3, -0.25) is 19.7 Å². The normalized spacial score (nSPS) is 19.4. The second-order valence-electron chi connectivity index (χ2n) is 31.8. The summed E-state index contributed by atoms with van der Waals surface area (Å²) in [6.07, 6.45) is -6.21. The summed E-state index contributed by atoms with van der Waals surface area (Å²) in [5.41, 5.74) is 0.837. The number of amides is 6. The first-order chi connectivity index (χ1) is 60.4. The number of likely N-dealkylation sites (N-methyl/N-ethyl adjacent to an activating group) is 3. The van der Waals surface area contributed by atoms with Crippen molar-refractivity contribution in [3.63, 3.8) is 0 Å². The Bertz CT molecular complexity index is 5510. The maximum absolute atomic E-state index is 14.3. The Hall–Kier alpha value is -10.3. The number of aromatic nitrogens is 4. The van der Waals surface area contributed by atoms with Gasteiger partial charge in [0.2, 0.25) is 0 Å². The Labute approximate surface area is 755 Å². The molecule has 0 N–H and O–H groups in total. The number of rotatable bonds is 15. The fourth-order valence-electron chi connectivity index (χ4n) is 17.0. The van der Waals surface area contributed by atoms with Gasteiger partial charge in [0.05, 0.1) is 64.1 Å². The number of halogens is 18. The molecule has 21 nitrogen and oxygen atoms in total. The van der Waals surface area contributed by atoms with Gasteiger partial charge in [0.15, 0.2) is 0 Å². The zero-order chi connectivity index (χ0) is 91.1. The lowest BCUT2D eigenvalue weighted by atomic mass is 9.93. The summed E-state index contributed by atoms with van der Waals surface area (Å²) in [4.78, 5) is 80.8. The molecule has 9 heterocycles. The number of hydrogen-bond donors (Lipinski definition) is 0. The van der Waals surface area contributed by atoms with Gasteiger partial charge in [-0.05, 0) is 152 Å². The third-order valence-electron chi connectivity index (χ3n) is 23.7. The van der Waals surface area contributed by atoms with Crippen molar-refractivity contribution in [1.82, 2.24) is 64.0 Å². The van der Waals surface area contributed by atoms with Crippen molar-refractivity contribution in [2.75, 3.05) is 154 Å². The number of piperazine rings is 3. The fraction of sp³-hybridized carbons (Fsp3) is 0.375. The Morgan fingerprint density at radius 2 is 0.748 bits per heavy atom. The largest absolute Gasteiger partial charge is 0.419 e. The molecular weight excluding hydrogens is 1800 g/mol. The quantitative estimate of drug-likeness (QED) is 0.0881. The van der Waals surface area contributed by atoms with E-state index in [2.05, 4.69) is 41.9 Å². The van der Waals surface area contributed by atoms with Gasteiger partial charge in [-0.1, -0.05) is 106 Å². The molecule has 0 spiro atoms. The minimum atomic E-state index is -4.78. The molecule has 3 aromatic heterocycles. The maximum atomic E-state index is 14.3. The molecule has 6 fully saturated rings. The van der Waals surface area contributed by atoms with Gasteiger partial charge in [0.1, 0.15) is 47.0 Å². The van der Waals surface area contributed by atoms with E-state index in [0.717, 1.165) is 64.7 Å². The lowest BCUT2D eigenvalue weighted by Gasteiger charge is -2.37. The van der Waals surface area contributed by atoms with Crippen LogP contribution in [0.2, 0.25) is 30.1 Å². The number of alkyl halides is 9. The molecule has 39 heteroatoms. The number of pyridine rings is 2. The van der Waals surface area contributed by atoms with Crippen LogP contribution in [0.25, 0.3) is 0 Å². The van der Waals surface area contributed by atoms with Crippen LogP contribution in [-0.2, 0) is 38.2 Å². The zero-order valence-corrected chi connectivity index (χ0v) is 73.0. The van der Waals surface area contributed by atoms with E-state index in [1.54, 1.807) is 117 Å². The summed E-state index contributed by atoms with van der Waals surface area (Å²) in [5.74, 6) is -2.36. The molecule has 9 aromatic rings. The Morgan fingerprint density at radius 1 is 0.386 bits per heavy atom. The smallest absolute Gasteiger partial charge is 0.353 e. The molecule has 127 heavy (non-hydrogen) atoms. The van der Waals surface area contributed by atoms with E-state index in [1.165, 1.54) is 24.4 Å². The van der Waals surface area contributed by atoms with Crippen LogP contribution in [0, 0.1) is 40.1 Å². The molecule has 15 rings (SSSR count). The highest BCUT2D eigenvalue weighted by molar-refractivity contribution is 6.43. The summed E-state index contributed by atoms with van der Waals surface area (Å²) >= 11 is 37.4. The first-order valence-electron chi connectivity index (χ1n) is 40.3. The molecule has 6 aliphatic heterocycles. The third kappa shape index (κ3) is 22.7. The van der Waals surface area contributed by atoms with Gasteiger partial charge in [0, 0.05) is 198 Å². The van der Waals surface area contributed by atoms with Gasteiger partial charge in [0.25, 0.3) is 0 Å². The van der Waals surface area contributed by atoms with Crippen LogP contribution >= 0.6 is 69.6 Å². The molecule has 0 bridgehead atoms. The van der Waals surface area contributed by atoms with E-state index in [9.17, 15) is 72.3 Å². The average Bonchev–Trinajstić information content (AvgIpc) is 1.66. The molecule has 6 aliphatic rings. The Morgan fingerprint density at radius 3 is 1.06 bits per heavy atom. The predicted molar refractivity (Wildman–Crippen MR) is 460 cm³/mol. The van der Waals surface area contributed by atoms with Gasteiger partial charge < -0.3 is 44.1 Å². The molecule has 4 unspecified atom stereocenters. The molecule has 6 aromatic carbocycles. The maximum Gasteiger partial charge on any atom is 0.419 e. The van der Waals surface area contributed by atoms with E-state index in [0.29, 0.717) is 182 Å². The summed E-state index contributed by atoms with van der Waals surface area (Å²) in [7, 11) is 5.43. The number of carbonyl (C=O) groups is 3.